The van der Waals surface area contributed by atoms with Crippen molar-refractivity contribution < 1.29 is 21.5 Å². The van der Waals surface area contributed by atoms with Crippen LogP contribution in [0.25, 0.3) is 0 Å². The van der Waals surface area contributed by atoms with Crippen molar-refractivity contribution in [1.82, 2.24) is 3.53 Å². The van der Waals surface area contributed by atoms with Crippen molar-refractivity contribution in [1.29, 1.82) is 0 Å². The van der Waals surface area contributed by atoms with E-state index in [-0.39, 0.29) is 21.5 Å². The summed E-state index contributed by atoms with van der Waals surface area (Å²) in [6, 6.07) is 7.37. The van der Waals surface area contributed by atoms with Crippen LogP contribution in [-0.4, -0.2) is 0 Å². The van der Waals surface area contributed by atoms with Gasteiger partial charge in [0.25, 0.3) is 0 Å². The molecule has 1 aliphatic heterocycles. The van der Waals surface area contributed by atoms with Crippen LogP contribution in [0.15, 0.2) is 24.3 Å². The Labute approximate surface area is 80.9 Å². The van der Waals surface area contributed by atoms with Gasteiger partial charge < -0.3 is 0 Å². The summed E-state index contributed by atoms with van der Waals surface area (Å²) in [5.74, 6) is 5.02. The summed E-state index contributed by atoms with van der Waals surface area (Å²) in [6.45, 7) is 0. The maximum atomic E-state index is 10.6. The fourth-order valence-corrected chi connectivity index (χ4v) is 2.26. The predicted octanol–water partition coefficient (Wildman–Crippen LogP) is -2.53. The van der Waals surface area contributed by atoms with E-state index in [0.29, 0.717) is 14.9 Å². The van der Waals surface area contributed by atoms with Crippen LogP contribution < -0.4 is 36.0 Å². The summed E-state index contributed by atoms with van der Waals surface area (Å²) >= 11 is 0.197. The molecular formula is C7H8IN3O-2. The third-order valence-electron chi connectivity index (χ3n) is 1.66. The Kier molecular flexibility index (Phi) is 2.18. The van der Waals surface area contributed by atoms with E-state index >= 15 is 0 Å². The molecule has 0 amide bonds. The number of hydrazine groups is 1. The van der Waals surface area contributed by atoms with Crippen LogP contribution in [0.1, 0.15) is 9.61 Å². The molecule has 1 unspecified atom stereocenters. The van der Waals surface area contributed by atoms with Gasteiger partial charge in [0.1, 0.15) is 0 Å². The molecule has 0 radical (unpaired) electrons. The topological polar surface area (TPSA) is 74.3 Å². The number of nitrogens with one attached hydrogen (secondary N) is 1. The molecule has 0 bridgehead atoms. The minimum absolute atomic E-state index is 0.197. The van der Waals surface area contributed by atoms with Crippen molar-refractivity contribution >= 4 is 5.69 Å². The van der Waals surface area contributed by atoms with Gasteiger partial charge in [-0.15, -0.1) is 0 Å². The van der Waals surface area contributed by atoms with E-state index in [9.17, 15) is 5.21 Å². The number of anilines is 1. The number of nitrogens with zero attached hydrogens (tertiary/aromatic N) is 1. The van der Waals surface area contributed by atoms with E-state index < -0.39 is 0 Å². The Balaban J connectivity index is 2.18. The molecule has 0 aliphatic carbocycles. The van der Waals surface area contributed by atoms with Crippen LogP contribution in [0.4, 0.5) is 5.69 Å². The van der Waals surface area contributed by atoms with Gasteiger partial charge in [-0.3, -0.25) is 0 Å². The van der Waals surface area contributed by atoms with E-state index in [2.05, 4.69) is 3.53 Å². The Morgan fingerprint density at radius 1 is 1.42 bits per heavy atom. The van der Waals surface area contributed by atoms with Gasteiger partial charge in [-0.2, -0.15) is 0 Å². The number of nitrogens with two attached hydrogens (primary N) is 1. The number of rotatable bonds is 2. The van der Waals surface area contributed by atoms with E-state index in [1.54, 1.807) is 12.1 Å². The summed E-state index contributed by atoms with van der Waals surface area (Å²) in [5.41, 5.74) is 1.76. The van der Waals surface area contributed by atoms with E-state index in [1.165, 1.54) is 5.56 Å². The Morgan fingerprint density at radius 3 is 2.42 bits per heavy atom. The fraction of sp³-hybridized carbons (Fsp3) is 0.143. The van der Waals surface area contributed by atoms with Crippen molar-refractivity contribution in [3.8, 4) is 0 Å². The van der Waals surface area contributed by atoms with Gasteiger partial charge in [-0.05, 0) is 0 Å². The van der Waals surface area contributed by atoms with Crippen molar-refractivity contribution in [2.45, 2.75) is 4.05 Å². The molecule has 66 valence electrons. The standard InChI is InChI=1S/C7H8IN3O/c9-11(12)6-3-1-5(2-4-6)7-8-10-7/h1-4,7,10H,9H2/q-2. The number of halogens is 1. The first-order valence-electron chi connectivity index (χ1n) is 3.47. The number of hydrogen-bond acceptors (Lipinski definition) is 4. The van der Waals surface area contributed by atoms with Gasteiger partial charge in [-0.25, -0.2) is 0 Å². The molecule has 0 spiro atoms. The molecule has 0 saturated carbocycles. The Hall–Kier alpha value is -0.370. The summed E-state index contributed by atoms with van der Waals surface area (Å²) in [5, 5.41) is 11.0. The zero-order valence-corrected chi connectivity index (χ0v) is 8.36. The molecule has 2 rings (SSSR count). The second-order valence-corrected chi connectivity index (χ2v) is 4.99. The van der Waals surface area contributed by atoms with E-state index in [4.69, 9.17) is 5.84 Å². The molecular weight excluding hydrogens is 269 g/mol. The molecule has 12 heavy (non-hydrogen) atoms. The summed E-state index contributed by atoms with van der Waals surface area (Å²) in [7, 11) is 0. The van der Waals surface area contributed by atoms with Crippen LogP contribution in [0, 0.1) is 5.21 Å². The zero-order chi connectivity index (χ0) is 8.55. The second kappa shape index (κ2) is 3.17. The SMILES string of the molecule is NN([O-])c1ccc(C2N[I-]2)cc1. The fourth-order valence-electron chi connectivity index (χ4n) is 0.948. The Morgan fingerprint density at radius 2 is 2.00 bits per heavy atom. The van der Waals surface area contributed by atoms with Crippen LogP contribution in [-0.2, 0) is 0 Å². The third-order valence-corrected chi connectivity index (χ3v) is 3.62. The molecule has 1 atom stereocenters. The van der Waals surface area contributed by atoms with Crippen LogP contribution in [0.3, 0.4) is 0 Å². The third kappa shape index (κ3) is 1.69. The molecule has 1 fully saturated rings. The van der Waals surface area contributed by atoms with E-state index in [0.717, 1.165) is 0 Å². The minimum atomic E-state index is 0.197. The number of hydrogen-bond donors (Lipinski definition) is 2. The van der Waals surface area contributed by atoms with Gasteiger partial charge in [-0.1, -0.05) is 0 Å². The summed E-state index contributed by atoms with van der Waals surface area (Å²) in [4.78, 5) is 0. The molecule has 1 saturated heterocycles. The quantitative estimate of drug-likeness (QED) is 0.119. The van der Waals surface area contributed by atoms with Crippen molar-refractivity contribution in [2.75, 3.05) is 5.17 Å². The van der Waals surface area contributed by atoms with Crippen molar-refractivity contribution in [3.05, 3.63) is 35.0 Å². The van der Waals surface area contributed by atoms with Gasteiger partial charge in [0.05, 0.1) is 0 Å². The first-order valence-corrected chi connectivity index (χ1v) is 5.79. The molecule has 4 nitrogen and oxygen atoms in total. The van der Waals surface area contributed by atoms with Crippen molar-refractivity contribution in [3.63, 3.8) is 0 Å². The predicted molar refractivity (Wildman–Crippen MR) is 42.4 cm³/mol. The first kappa shape index (κ1) is 8.24. The first-order chi connectivity index (χ1) is 5.77. The molecule has 1 heterocycles. The van der Waals surface area contributed by atoms with Crippen molar-refractivity contribution in [2.24, 2.45) is 5.84 Å². The number of alkyl halides is 1. The van der Waals surface area contributed by atoms with Gasteiger partial charge >= 0.3 is 80.8 Å². The number of benzene rings is 1. The molecule has 1 aromatic rings. The zero-order valence-electron chi connectivity index (χ0n) is 6.20. The molecule has 5 heteroatoms. The summed E-state index contributed by atoms with van der Waals surface area (Å²) < 4.78 is 3.88. The average Bonchev–Trinajstić information content (AvgIpc) is 2.87. The monoisotopic (exact) mass is 277 g/mol. The Bertz CT molecular complexity index is 249. The van der Waals surface area contributed by atoms with Crippen LogP contribution in [0.5, 0.6) is 0 Å². The second-order valence-electron chi connectivity index (χ2n) is 2.50. The van der Waals surface area contributed by atoms with Gasteiger partial charge in [0.2, 0.25) is 0 Å². The molecule has 1 aromatic carbocycles. The average molecular weight is 277 g/mol. The molecule has 0 aromatic heterocycles. The molecule has 3 N–H and O–H groups in total. The van der Waals surface area contributed by atoms with Gasteiger partial charge in [0, 0.05) is 0 Å². The van der Waals surface area contributed by atoms with Crippen LogP contribution in [0.2, 0.25) is 0 Å². The maximum absolute atomic E-state index is 10.6. The van der Waals surface area contributed by atoms with E-state index in [1.807, 2.05) is 12.1 Å². The summed E-state index contributed by atoms with van der Waals surface area (Å²) in [6.07, 6.45) is 0. The van der Waals surface area contributed by atoms with Crippen LogP contribution >= 0.6 is 0 Å². The normalized spacial score (nSPS) is 21.3. The van der Waals surface area contributed by atoms with Gasteiger partial charge in [0.15, 0.2) is 0 Å². The molecule has 1 aliphatic rings.